The van der Waals surface area contributed by atoms with Crippen molar-refractivity contribution >= 4 is 27.5 Å². The smallest absolute Gasteiger partial charge is 0.276 e. The summed E-state index contributed by atoms with van der Waals surface area (Å²) in [7, 11) is 0. The highest BCUT2D eigenvalue weighted by molar-refractivity contribution is 9.10. The molecule has 0 bridgehead atoms. The second-order valence-corrected chi connectivity index (χ2v) is 5.99. The topological polar surface area (TPSA) is 64.0 Å². The Morgan fingerprint density at radius 3 is 2.46 bits per heavy atom. The Bertz CT molecular complexity index is 923. The van der Waals surface area contributed by atoms with Crippen LogP contribution in [0, 0.1) is 0 Å². The first kappa shape index (κ1) is 16.1. The highest BCUT2D eigenvalue weighted by Crippen LogP contribution is 2.21. The van der Waals surface area contributed by atoms with E-state index in [1.54, 1.807) is 6.07 Å². The van der Waals surface area contributed by atoms with Gasteiger partial charge in [0.1, 0.15) is 5.69 Å². The molecule has 0 saturated carbocycles. The molecule has 0 fully saturated rings. The zero-order chi connectivity index (χ0) is 16.9. The number of amides is 1. The van der Waals surface area contributed by atoms with Crippen LogP contribution in [0.4, 0.5) is 5.69 Å². The number of anilines is 1. The summed E-state index contributed by atoms with van der Waals surface area (Å²) in [6, 6.07) is 19.6. The summed E-state index contributed by atoms with van der Waals surface area (Å²) in [5.74, 6) is -0.372. The zero-order valence-corrected chi connectivity index (χ0v) is 14.2. The summed E-state index contributed by atoms with van der Waals surface area (Å²) >= 11 is 3.38. The lowest BCUT2D eigenvalue weighted by Gasteiger charge is -2.09. The standard InChI is InChI=1S/C18H14BrN3O2/c19-14-8-4-5-9-15(14)20-18(24)16-10-11-17(23)22(21-16)12-13-6-2-1-3-7-13/h1-11H,12H2,(H,20,24). The van der Waals surface area contributed by atoms with Gasteiger partial charge in [0.2, 0.25) is 0 Å². The van der Waals surface area contributed by atoms with Crippen molar-refractivity contribution in [2.75, 3.05) is 5.32 Å². The van der Waals surface area contributed by atoms with Gasteiger partial charge >= 0.3 is 0 Å². The first-order chi connectivity index (χ1) is 11.6. The van der Waals surface area contributed by atoms with E-state index in [1.165, 1.54) is 16.8 Å². The third kappa shape index (κ3) is 3.78. The van der Waals surface area contributed by atoms with Crippen molar-refractivity contribution in [1.82, 2.24) is 9.78 Å². The average Bonchev–Trinajstić information content (AvgIpc) is 2.60. The van der Waals surface area contributed by atoms with Crippen molar-refractivity contribution in [1.29, 1.82) is 0 Å². The van der Waals surface area contributed by atoms with Gasteiger partial charge < -0.3 is 5.32 Å². The Morgan fingerprint density at radius 2 is 1.71 bits per heavy atom. The molecule has 5 nitrogen and oxygen atoms in total. The van der Waals surface area contributed by atoms with E-state index in [9.17, 15) is 9.59 Å². The Hall–Kier alpha value is -2.73. The Morgan fingerprint density at radius 1 is 1.00 bits per heavy atom. The molecule has 3 aromatic rings. The van der Waals surface area contributed by atoms with Crippen LogP contribution in [-0.4, -0.2) is 15.7 Å². The van der Waals surface area contributed by atoms with Crippen molar-refractivity contribution in [3.63, 3.8) is 0 Å². The number of carbonyl (C=O) groups is 1. The molecule has 0 saturated heterocycles. The van der Waals surface area contributed by atoms with Gasteiger partial charge in [-0.2, -0.15) is 5.10 Å². The van der Waals surface area contributed by atoms with Gasteiger partial charge in [0.25, 0.3) is 11.5 Å². The van der Waals surface area contributed by atoms with E-state index in [4.69, 9.17) is 0 Å². The van der Waals surface area contributed by atoms with Crippen molar-refractivity contribution in [3.05, 3.63) is 92.8 Å². The maximum absolute atomic E-state index is 12.4. The molecule has 24 heavy (non-hydrogen) atoms. The molecule has 0 aliphatic carbocycles. The highest BCUT2D eigenvalue weighted by Gasteiger charge is 2.11. The molecule has 0 spiro atoms. The van der Waals surface area contributed by atoms with Crippen LogP contribution >= 0.6 is 15.9 Å². The molecule has 120 valence electrons. The second-order valence-electron chi connectivity index (χ2n) is 5.13. The third-order valence-electron chi connectivity index (χ3n) is 3.40. The van der Waals surface area contributed by atoms with Gasteiger partial charge in [0.05, 0.1) is 12.2 Å². The van der Waals surface area contributed by atoms with Crippen LogP contribution in [-0.2, 0) is 6.54 Å². The van der Waals surface area contributed by atoms with Crippen LogP contribution in [0.2, 0.25) is 0 Å². The van der Waals surface area contributed by atoms with E-state index in [0.29, 0.717) is 12.2 Å². The molecule has 0 unspecified atom stereocenters. The third-order valence-corrected chi connectivity index (χ3v) is 4.09. The van der Waals surface area contributed by atoms with Gasteiger partial charge in [-0.05, 0) is 39.7 Å². The molecular formula is C18H14BrN3O2. The van der Waals surface area contributed by atoms with Gasteiger partial charge in [-0.3, -0.25) is 9.59 Å². The molecule has 0 aliphatic heterocycles. The molecular weight excluding hydrogens is 370 g/mol. The van der Waals surface area contributed by atoms with Gasteiger partial charge in [-0.15, -0.1) is 0 Å². The van der Waals surface area contributed by atoms with E-state index in [1.807, 2.05) is 48.5 Å². The minimum atomic E-state index is -0.372. The number of nitrogens with zero attached hydrogens (tertiary/aromatic N) is 2. The summed E-state index contributed by atoms with van der Waals surface area (Å²) in [5.41, 5.74) is 1.51. The summed E-state index contributed by atoms with van der Waals surface area (Å²) in [6.07, 6.45) is 0. The molecule has 0 aliphatic rings. The fourth-order valence-corrected chi connectivity index (χ4v) is 2.57. The second kappa shape index (κ2) is 7.23. The maximum atomic E-state index is 12.4. The van der Waals surface area contributed by atoms with Crippen LogP contribution in [0.5, 0.6) is 0 Å². The number of halogens is 1. The number of nitrogens with one attached hydrogen (secondary N) is 1. The first-order valence-corrected chi connectivity index (χ1v) is 8.11. The quantitative estimate of drug-likeness (QED) is 0.751. The number of aromatic nitrogens is 2. The number of hydrogen-bond acceptors (Lipinski definition) is 3. The lowest BCUT2D eigenvalue weighted by Crippen LogP contribution is -2.26. The normalized spacial score (nSPS) is 10.4. The van der Waals surface area contributed by atoms with Gasteiger partial charge in [-0.25, -0.2) is 4.68 Å². The van der Waals surface area contributed by atoms with Crippen molar-refractivity contribution in [2.24, 2.45) is 0 Å². The van der Waals surface area contributed by atoms with Crippen molar-refractivity contribution in [2.45, 2.75) is 6.54 Å². The number of para-hydroxylation sites is 1. The van der Waals surface area contributed by atoms with Crippen LogP contribution in [0.25, 0.3) is 0 Å². The molecule has 1 aromatic heterocycles. The fraction of sp³-hybridized carbons (Fsp3) is 0.0556. The van der Waals surface area contributed by atoms with Crippen LogP contribution in [0.1, 0.15) is 16.1 Å². The number of rotatable bonds is 4. The Balaban J connectivity index is 1.84. The summed E-state index contributed by atoms with van der Waals surface area (Å²) in [5, 5.41) is 6.94. The summed E-state index contributed by atoms with van der Waals surface area (Å²) < 4.78 is 2.06. The van der Waals surface area contributed by atoms with Crippen molar-refractivity contribution in [3.8, 4) is 0 Å². The van der Waals surface area contributed by atoms with E-state index < -0.39 is 0 Å². The molecule has 0 atom stereocenters. The monoisotopic (exact) mass is 383 g/mol. The van der Waals surface area contributed by atoms with E-state index in [0.717, 1.165) is 10.0 Å². The van der Waals surface area contributed by atoms with E-state index in [-0.39, 0.29) is 17.2 Å². The van der Waals surface area contributed by atoms with Crippen molar-refractivity contribution < 1.29 is 4.79 Å². The van der Waals surface area contributed by atoms with Gasteiger partial charge in [0.15, 0.2) is 0 Å². The maximum Gasteiger partial charge on any atom is 0.276 e. The lowest BCUT2D eigenvalue weighted by atomic mass is 10.2. The Labute approximate surface area is 147 Å². The average molecular weight is 384 g/mol. The SMILES string of the molecule is O=C(Nc1ccccc1Br)c1ccc(=O)n(Cc2ccccc2)n1. The number of hydrogen-bond donors (Lipinski definition) is 1. The Kier molecular flexibility index (Phi) is 4.86. The molecule has 0 radical (unpaired) electrons. The minimum absolute atomic E-state index is 0.182. The highest BCUT2D eigenvalue weighted by atomic mass is 79.9. The number of carbonyl (C=O) groups excluding carboxylic acids is 1. The van der Waals surface area contributed by atoms with Crippen LogP contribution in [0.15, 0.2) is 76.0 Å². The summed E-state index contributed by atoms with van der Waals surface area (Å²) in [6.45, 7) is 0.315. The molecule has 2 aromatic carbocycles. The lowest BCUT2D eigenvalue weighted by molar-refractivity contribution is 0.102. The molecule has 1 heterocycles. The predicted octanol–water partition coefficient (Wildman–Crippen LogP) is 3.31. The molecule has 3 rings (SSSR count). The number of benzene rings is 2. The summed E-state index contributed by atoms with van der Waals surface area (Å²) in [4.78, 5) is 24.3. The largest absolute Gasteiger partial charge is 0.320 e. The van der Waals surface area contributed by atoms with Gasteiger partial charge in [0, 0.05) is 10.5 Å². The van der Waals surface area contributed by atoms with Crippen LogP contribution in [0.3, 0.4) is 0 Å². The first-order valence-electron chi connectivity index (χ1n) is 7.31. The van der Waals surface area contributed by atoms with Gasteiger partial charge in [-0.1, -0.05) is 42.5 Å². The molecule has 1 amide bonds. The zero-order valence-electron chi connectivity index (χ0n) is 12.6. The van der Waals surface area contributed by atoms with Crippen LogP contribution < -0.4 is 10.9 Å². The molecule has 6 heteroatoms. The fourth-order valence-electron chi connectivity index (χ4n) is 2.19. The predicted molar refractivity (Wildman–Crippen MR) is 96.1 cm³/mol. The molecule has 1 N–H and O–H groups in total. The van der Waals surface area contributed by atoms with E-state index in [2.05, 4.69) is 26.3 Å². The van der Waals surface area contributed by atoms with E-state index >= 15 is 0 Å². The minimum Gasteiger partial charge on any atom is -0.320 e.